The summed E-state index contributed by atoms with van der Waals surface area (Å²) in [6.45, 7) is -0.0265. The lowest BCUT2D eigenvalue weighted by atomic mass is 9.99. The van der Waals surface area contributed by atoms with Gasteiger partial charge in [-0.1, -0.05) is 53.5 Å². The van der Waals surface area contributed by atoms with Gasteiger partial charge in [0, 0.05) is 12.1 Å². The Morgan fingerprint density at radius 1 is 0.773 bits per heavy atom. The summed E-state index contributed by atoms with van der Waals surface area (Å²) in [5.74, 6) is 0.239. The lowest BCUT2D eigenvalue weighted by Crippen LogP contribution is -2.23. The highest BCUT2D eigenvalue weighted by molar-refractivity contribution is 7.89. The number of rotatable bonds is 9. The number of aryl methyl sites for hydroxylation is 2. The van der Waals surface area contributed by atoms with E-state index in [9.17, 15) is 20.7 Å². The Labute approximate surface area is 262 Å². The maximum Gasteiger partial charge on any atom is 0.394 e. The van der Waals surface area contributed by atoms with Crippen molar-refractivity contribution >= 4 is 65.6 Å². The van der Waals surface area contributed by atoms with Gasteiger partial charge in [-0.2, -0.15) is 21.8 Å². The minimum atomic E-state index is -4.93. The zero-order valence-corrected chi connectivity index (χ0v) is 26.2. The molecule has 0 aliphatic carbocycles. The summed E-state index contributed by atoms with van der Waals surface area (Å²) in [4.78, 5) is 7.64. The minimum absolute atomic E-state index is 0.0265. The Morgan fingerprint density at radius 2 is 1.36 bits per heavy atom. The Hall–Kier alpha value is -3.42. The van der Waals surface area contributed by atoms with E-state index in [0.717, 1.165) is 29.8 Å². The summed E-state index contributed by atoms with van der Waals surface area (Å²) in [6.07, 6.45) is 0.982. The standard InChI is InChI=1S/C25H22Cl2FN5O4S2.H2O4S/c26-20-10-5-17(13-21(20)27)23-22(32-25(30)33-24(23)29)11-4-15-2-1-3-16(12-15)14-31-39(36,37)19-8-6-18(7-9-19)38(28,34)35;1-5(2,3)4/h1-3,5-10,12-13,31H,4,11,14H2,(H4,29,30,32,33);(H2,1,2,3,4). The molecule has 0 radical (unpaired) electrons. The summed E-state index contributed by atoms with van der Waals surface area (Å²) in [6, 6.07) is 16.2. The third kappa shape index (κ3) is 10.3. The zero-order chi connectivity index (χ0) is 32.9. The van der Waals surface area contributed by atoms with Crippen molar-refractivity contribution in [3.8, 4) is 11.1 Å². The molecule has 0 atom stereocenters. The van der Waals surface area contributed by atoms with Gasteiger partial charge < -0.3 is 11.5 Å². The first-order chi connectivity index (χ1) is 20.3. The molecule has 236 valence electrons. The van der Waals surface area contributed by atoms with Gasteiger partial charge in [-0.15, -0.1) is 3.89 Å². The van der Waals surface area contributed by atoms with Crippen LogP contribution in [0.4, 0.5) is 15.7 Å². The van der Waals surface area contributed by atoms with Gasteiger partial charge in [0.1, 0.15) is 5.82 Å². The number of nitrogen functional groups attached to an aromatic ring is 2. The van der Waals surface area contributed by atoms with Crippen molar-refractivity contribution in [3.05, 3.63) is 93.6 Å². The summed E-state index contributed by atoms with van der Waals surface area (Å²) >= 11 is 12.2. The zero-order valence-electron chi connectivity index (χ0n) is 22.2. The highest BCUT2D eigenvalue weighted by Crippen LogP contribution is 2.33. The Kier molecular flexibility index (Phi) is 11.3. The average molecular weight is 709 g/mol. The number of nitrogens with two attached hydrogens (primary N) is 2. The molecule has 1 heterocycles. The molecule has 0 aliphatic rings. The highest BCUT2D eigenvalue weighted by Gasteiger charge is 2.18. The van der Waals surface area contributed by atoms with E-state index < -0.39 is 35.5 Å². The molecule has 0 aliphatic heterocycles. The molecular formula is C25H24Cl2FN5O8S3. The van der Waals surface area contributed by atoms with Gasteiger partial charge in [-0.3, -0.25) is 9.11 Å². The van der Waals surface area contributed by atoms with Crippen LogP contribution in [-0.4, -0.2) is 44.3 Å². The number of aromatic nitrogens is 2. The first-order valence-corrected chi connectivity index (χ1v) is 17.0. The van der Waals surface area contributed by atoms with Crippen LogP contribution in [0.2, 0.25) is 10.0 Å². The van der Waals surface area contributed by atoms with Crippen molar-refractivity contribution in [2.75, 3.05) is 11.5 Å². The third-order valence-electron chi connectivity index (χ3n) is 5.76. The predicted octanol–water partition coefficient (Wildman–Crippen LogP) is 3.88. The number of nitrogens with one attached hydrogen (secondary N) is 1. The van der Waals surface area contributed by atoms with Crippen LogP contribution in [-0.2, 0) is 50.0 Å². The first kappa shape index (κ1) is 35.1. The van der Waals surface area contributed by atoms with Gasteiger partial charge in [0.2, 0.25) is 16.0 Å². The van der Waals surface area contributed by atoms with E-state index in [0.29, 0.717) is 45.3 Å². The van der Waals surface area contributed by atoms with Gasteiger partial charge >= 0.3 is 20.6 Å². The molecule has 0 saturated carbocycles. The molecule has 3 aromatic carbocycles. The second-order valence-corrected chi connectivity index (χ2v) is 13.7. The summed E-state index contributed by atoms with van der Waals surface area (Å²) in [5.41, 5.74) is 15.5. The van der Waals surface area contributed by atoms with Gasteiger partial charge in [0.15, 0.2) is 0 Å². The maximum atomic E-state index is 13.1. The summed E-state index contributed by atoms with van der Waals surface area (Å²) < 4.78 is 94.3. The molecule has 13 nitrogen and oxygen atoms in total. The molecule has 0 bridgehead atoms. The molecule has 4 aromatic rings. The second-order valence-electron chi connectivity index (χ2n) is 8.92. The fourth-order valence-electron chi connectivity index (χ4n) is 3.89. The largest absolute Gasteiger partial charge is 0.394 e. The van der Waals surface area contributed by atoms with Gasteiger partial charge in [-0.05, 0) is 65.9 Å². The molecule has 1 aromatic heterocycles. The van der Waals surface area contributed by atoms with Crippen LogP contribution < -0.4 is 16.2 Å². The molecular weight excluding hydrogens is 684 g/mol. The van der Waals surface area contributed by atoms with Crippen LogP contribution in [0.5, 0.6) is 0 Å². The molecule has 19 heteroatoms. The molecule has 7 N–H and O–H groups in total. The summed E-state index contributed by atoms with van der Waals surface area (Å²) in [5, 5.41) is 0.754. The number of benzene rings is 3. The van der Waals surface area contributed by atoms with E-state index in [1.165, 1.54) is 0 Å². The number of sulfonamides is 1. The molecule has 44 heavy (non-hydrogen) atoms. The minimum Gasteiger partial charge on any atom is -0.383 e. The molecule has 0 saturated heterocycles. The Morgan fingerprint density at radius 3 is 1.95 bits per heavy atom. The van der Waals surface area contributed by atoms with E-state index in [4.69, 9.17) is 52.2 Å². The third-order valence-corrected chi connectivity index (χ3v) is 8.75. The number of anilines is 2. The average Bonchev–Trinajstić information content (AvgIpc) is 2.91. The van der Waals surface area contributed by atoms with E-state index in [2.05, 4.69) is 14.7 Å². The highest BCUT2D eigenvalue weighted by atomic mass is 35.5. The van der Waals surface area contributed by atoms with E-state index in [1.807, 2.05) is 12.1 Å². The van der Waals surface area contributed by atoms with Crippen molar-refractivity contribution in [2.24, 2.45) is 0 Å². The number of halogens is 3. The monoisotopic (exact) mass is 707 g/mol. The number of hydrogen-bond acceptors (Lipinski definition) is 10. The van der Waals surface area contributed by atoms with Crippen molar-refractivity contribution in [1.82, 2.24) is 14.7 Å². The van der Waals surface area contributed by atoms with Crippen molar-refractivity contribution in [1.29, 1.82) is 0 Å². The second kappa shape index (κ2) is 14.1. The lowest BCUT2D eigenvalue weighted by molar-refractivity contribution is 0.381. The number of hydrogen-bond donors (Lipinski definition) is 5. The van der Waals surface area contributed by atoms with Crippen LogP contribution in [0, 0.1) is 0 Å². The predicted molar refractivity (Wildman–Crippen MR) is 163 cm³/mol. The first-order valence-electron chi connectivity index (χ1n) is 12.0. The maximum absolute atomic E-state index is 13.1. The Balaban J connectivity index is 0.000000978. The normalized spacial score (nSPS) is 11.9. The van der Waals surface area contributed by atoms with Crippen LogP contribution in [0.25, 0.3) is 11.1 Å². The van der Waals surface area contributed by atoms with Crippen LogP contribution in [0.15, 0.2) is 76.5 Å². The molecule has 0 unspecified atom stereocenters. The topological polar surface area (TPSA) is 233 Å². The van der Waals surface area contributed by atoms with Gasteiger partial charge in [0.05, 0.1) is 25.5 Å². The van der Waals surface area contributed by atoms with Crippen molar-refractivity contribution < 1.29 is 38.2 Å². The van der Waals surface area contributed by atoms with Crippen molar-refractivity contribution in [3.63, 3.8) is 0 Å². The fraction of sp³-hybridized carbons (Fsp3) is 0.120. The van der Waals surface area contributed by atoms with E-state index in [1.54, 1.807) is 30.3 Å². The molecule has 0 fully saturated rings. The Bertz CT molecular complexity index is 1990. The molecule has 0 spiro atoms. The summed E-state index contributed by atoms with van der Waals surface area (Å²) in [7, 11) is -13.6. The van der Waals surface area contributed by atoms with E-state index in [-0.39, 0.29) is 23.2 Å². The SMILES string of the molecule is Nc1nc(N)c(-c2ccc(Cl)c(Cl)c2)c(CCc2cccc(CNS(=O)(=O)c3ccc(S(=O)(=O)F)cc3)c2)n1.O=S(=O)(O)O. The smallest absolute Gasteiger partial charge is 0.383 e. The molecule has 4 rings (SSSR count). The van der Waals surface area contributed by atoms with Crippen LogP contribution >= 0.6 is 23.2 Å². The van der Waals surface area contributed by atoms with Crippen molar-refractivity contribution in [2.45, 2.75) is 29.2 Å². The van der Waals surface area contributed by atoms with Gasteiger partial charge in [0.25, 0.3) is 0 Å². The van der Waals surface area contributed by atoms with Gasteiger partial charge in [-0.25, -0.2) is 18.1 Å². The lowest BCUT2D eigenvalue weighted by Gasteiger charge is -2.13. The van der Waals surface area contributed by atoms with E-state index >= 15 is 0 Å². The van der Waals surface area contributed by atoms with Crippen LogP contribution in [0.3, 0.4) is 0 Å². The fourth-order valence-corrected chi connectivity index (χ4v) is 5.67. The number of nitrogens with zero attached hydrogens (tertiary/aromatic N) is 2. The molecule has 0 amide bonds. The van der Waals surface area contributed by atoms with Crippen LogP contribution in [0.1, 0.15) is 16.8 Å². The quantitative estimate of drug-likeness (QED) is 0.123.